The minimum atomic E-state index is -0.554. The van der Waals surface area contributed by atoms with Gasteiger partial charge in [0.25, 0.3) is 11.8 Å². The van der Waals surface area contributed by atoms with E-state index in [-0.39, 0.29) is 18.2 Å². The van der Waals surface area contributed by atoms with E-state index in [1.165, 1.54) is 42.9 Å². The first kappa shape index (κ1) is 41.7. The zero-order valence-corrected chi connectivity index (χ0v) is 34.5. The summed E-state index contributed by atoms with van der Waals surface area (Å²) in [5.74, 6) is -0.697. The number of thiophene rings is 1. The highest BCUT2D eigenvalue weighted by molar-refractivity contribution is 8.00. The van der Waals surface area contributed by atoms with Gasteiger partial charge in [-0.25, -0.2) is 4.79 Å². The molecule has 58 heavy (non-hydrogen) atoms. The number of amides is 3. The van der Waals surface area contributed by atoms with E-state index in [1.54, 1.807) is 79.7 Å². The number of benzene rings is 4. The molecule has 11 nitrogen and oxygen atoms in total. The van der Waals surface area contributed by atoms with Crippen molar-refractivity contribution in [1.82, 2.24) is 10.2 Å². The zero-order valence-electron chi connectivity index (χ0n) is 32.8. The molecule has 0 saturated heterocycles. The van der Waals surface area contributed by atoms with Gasteiger partial charge in [-0.05, 0) is 85.0 Å². The van der Waals surface area contributed by atoms with Crippen LogP contribution >= 0.6 is 23.1 Å². The smallest absolute Gasteiger partial charge is 0.341 e. The highest BCUT2D eigenvalue weighted by atomic mass is 32.2. The number of rotatable bonds is 16. The van der Waals surface area contributed by atoms with E-state index in [1.807, 2.05) is 31.2 Å². The van der Waals surface area contributed by atoms with Gasteiger partial charge in [0, 0.05) is 40.7 Å². The number of ether oxygens (including phenoxy) is 3. The molecule has 1 aromatic heterocycles. The molecule has 1 aliphatic rings. The quantitative estimate of drug-likeness (QED) is 0.0510. The van der Waals surface area contributed by atoms with Gasteiger partial charge in [0.1, 0.15) is 10.7 Å². The minimum Gasteiger partial charge on any atom is -0.493 e. The van der Waals surface area contributed by atoms with Crippen molar-refractivity contribution >= 4 is 63.6 Å². The molecule has 0 aliphatic carbocycles. The normalized spacial score (nSPS) is 13.1. The Morgan fingerprint density at radius 2 is 1.60 bits per heavy atom. The lowest BCUT2D eigenvalue weighted by Crippen LogP contribution is -2.30. The monoisotopic (exact) mass is 818 g/mol. The average Bonchev–Trinajstić information content (AvgIpc) is 3.60. The first-order valence-electron chi connectivity index (χ1n) is 19.0. The molecule has 1 atom stereocenters. The Morgan fingerprint density at radius 3 is 2.31 bits per heavy atom. The minimum absolute atomic E-state index is 0.00387. The van der Waals surface area contributed by atoms with E-state index in [2.05, 4.69) is 33.0 Å². The van der Waals surface area contributed by atoms with Crippen LogP contribution in [0.4, 0.5) is 10.7 Å². The molecule has 300 valence electrons. The molecular weight excluding hydrogens is 773 g/mol. The van der Waals surface area contributed by atoms with E-state index >= 15 is 0 Å². The number of carbonyl (C=O) groups excluding carboxylic acids is 4. The van der Waals surface area contributed by atoms with Crippen molar-refractivity contribution in [3.8, 4) is 11.5 Å². The van der Waals surface area contributed by atoms with Crippen LogP contribution in [0.2, 0.25) is 0 Å². The summed E-state index contributed by atoms with van der Waals surface area (Å²) >= 11 is 2.78. The van der Waals surface area contributed by atoms with Crippen LogP contribution in [0.1, 0.15) is 62.6 Å². The van der Waals surface area contributed by atoms with Crippen LogP contribution in [-0.2, 0) is 33.8 Å². The first-order chi connectivity index (χ1) is 28.2. The van der Waals surface area contributed by atoms with Gasteiger partial charge < -0.3 is 30.2 Å². The van der Waals surface area contributed by atoms with Crippen molar-refractivity contribution in [1.29, 1.82) is 0 Å². The SMILES string of the molecule is CCOC(=O)c1c(NC(=O)C(CC)Sc2cccc(NC(=O)/C(=C\c3ccc(OC)c(OC)c3)NC(=O)c3ccccc3)c2)sc2c1CCN(Cc1ccccc1)C2. The topological polar surface area (TPSA) is 135 Å². The third kappa shape index (κ3) is 10.5. The second-order valence-electron chi connectivity index (χ2n) is 13.4. The standard InChI is InChI=1S/C45H46N4O7S2/c1-5-38(43(52)48-44-40(45(53)56-6-2)34-22-23-49(28-39(34)58-44)27-29-14-9-7-10-15-29)57-33-19-13-18-32(26-33)46-42(51)35(47-41(50)31-16-11-8-12-17-31)24-30-20-21-36(54-3)37(25-30)55-4/h7-21,24-26,38H,5-6,22-23,27-28H2,1-4H3,(H,46,51)(H,47,50)(H,48,52)/b35-24+. The maximum Gasteiger partial charge on any atom is 0.341 e. The molecule has 3 amide bonds. The number of hydrogen-bond donors (Lipinski definition) is 3. The van der Waals surface area contributed by atoms with Crippen molar-refractivity contribution < 1.29 is 33.4 Å². The third-order valence-corrected chi connectivity index (χ3v) is 11.9. The number of esters is 1. The van der Waals surface area contributed by atoms with E-state index < -0.39 is 23.0 Å². The summed E-state index contributed by atoms with van der Waals surface area (Å²) in [7, 11) is 3.05. The van der Waals surface area contributed by atoms with Crippen molar-refractivity contribution in [2.24, 2.45) is 0 Å². The Balaban J connectivity index is 1.18. The second kappa shape index (κ2) is 20.0. The number of methoxy groups -OCH3 is 2. The Kier molecular flexibility index (Phi) is 14.4. The van der Waals surface area contributed by atoms with Crippen LogP contribution in [-0.4, -0.2) is 61.2 Å². The lowest BCUT2D eigenvalue weighted by Gasteiger charge is -2.27. The number of carbonyl (C=O) groups is 4. The Labute approximate surface area is 346 Å². The fourth-order valence-corrected chi connectivity index (χ4v) is 8.81. The lowest BCUT2D eigenvalue weighted by molar-refractivity contribution is -0.116. The number of nitrogens with one attached hydrogen (secondary N) is 3. The van der Waals surface area contributed by atoms with Crippen LogP contribution in [0.25, 0.3) is 6.08 Å². The fourth-order valence-electron chi connectivity index (χ4n) is 6.52. The van der Waals surface area contributed by atoms with Gasteiger partial charge in [-0.1, -0.05) is 67.6 Å². The van der Waals surface area contributed by atoms with Crippen molar-refractivity contribution in [3.05, 3.63) is 142 Å². The molecule has 2 heterocycles. The molecule has 6 rings (SSSR count). The second-order valence-corrected chi connectivity index (χ2v) is 15.7. The summed E-state index contributed by atoms with van der Waals surface area (Å²) in [6.45, 7) is 6.17. The first-order valence-corrected chi connectivity index (χ1v) is 20.7. The highest BCUT2D eigenvalue weighted by Gasteiger charge is 2.31. The van der Waals surface area contributed by atoms with Crippen LogP contribution in [0.5, 0.6) is 11.5 Å². The van der Waals surface area contributed by atoms with Gasteiger partial charge in [0.2, 0.25) is 5.91 Å². The maximum absolute atomic E-state index is 13.9. The van der Waals surface area contributed by atoms with E-state index in [9.17, 15) is 19.2 Å². The molecule has 0 bridgehead atoms. The van der Waals surface area contributed by atoms with Gasteiger partial charge >= 0.3 is 5.97 Å². The van der Waals surface area contributed by atoms with E-state index in [0.717, 1.165) is 28.4 Å². The van der Waals surface area contributed by atoms with Crippen molar-refractivity contribution in [2.45, 2.75) is 49.9 Å². The Morgan fingerprint density at radius 1 is 0.862 bits per heavy atom. The molecule has 0 saturated carbocycles. The largest absolute Gasteiger partial charge is 0.493 e. The summed E-state index contributed by atoms with van der Waals surface area (Å²) in [5, 5.41) is 8.73. The molecule has 5 aromatic rings. The zero-order chi connectivity index (χ0) is 41.0. The van der Waals surface area contributed by atoms with Crippen LogP contribution in [0.15, 0.2) is 114 Å². The van der Waals surface area contributed by atoms with Crippen molar-refractivity contribution in [2.75, 3.05) is 38.0 Å². The number of anilines is 2. The van der Waals surface area contributed by atoms with Crippen LogP contribution < -0.4 is 25.4 Å². The molecule has 4 aromatic carbocycles. The average molecular weight is 819 g/mol. The van der Waals surface area contributed by atoms with Crippen LogP contribution in [0, 0.1) is 0 Å². The predicted molar refractivity (Wildman–Crippen MR) is 230 cm³/mol. The number of nitrogens with zero attached hydrogens (tertiary/aromatic N) is 1. The number of hydrogen-bond acceptors (Lipinski definition) is 10. The van der Waals surface area contributed by atoms with Gasteiger partial charge in [-0.3, -0.25) is 19.3 Å². The molecule has 3 N–H and O–H groups in total. The molecule has 0 spiro atoms. The van der Waals surface area contributed by atoms with Crippen LogP contribution in [0.3, 0.4) is 0 Å². The van der Waals surface area contributed by atoms with Gasteiger partial charge in [0.05, 0.1) is 31.6 Å². The molecular formula is C45H46N4O7S2. The maximum atomic E-state index is 13.9. The van der Waals surface area contributed by atoms with Crippen molar-refractivity contribution in [3.63, 3.8) is 0 Å². The summed E-state index contributed by atoms with van der Waals surface area (Å²) in [4.78, 5) is 58.4. The molecule has 0 radical (unpaired) electrons. The van der Waals surface area contributed by atoms with Gasteiger partial charge in [0.15, 0.2) is 11.5 Å². The summed E-state index contributed by atoms with van der Waals surface area (Å²) < 4.78 is 16.3. The van der Waals surface area contributed by atoms with Gasteiger partial charge in [-0.2, -0.15) is 0 Å². The Hall–Kier alpha value is -5.89. The molecule has 1 aliphatic heterocycles. The fraction of sp³-hybridized carbons (Fsp3) is 0.244. The highest BCUT2D eigenvalue weighted by Crippen LogP contribution is 2.39. The number of thioether (sulfide) groups is 1. The third-order valence-electron chi connectivity index (χ3n) is 9.38. The lowest BCUT2D eigenvalue weighted by atomic mass is 10.0. The Bertz CT molecular complexity index is 2280. The van der Waals surface area contributed by atoms with E-state index in [0.29, 0.717) is 58.3 Å². The summed E-state index contributed by atoms with van der Waals surface area (Å²) in [6.07, 6.45) is 2.73. The summed E-state index contributed by atoms with van der Waals surface area (Å²) in [5.41, 5.74) is 4.05. The molecule has 13 heteroatoms. The van der Waals surface area contributed by atoms with Gasteiger partial charge in [-0.15, -0.1) is 23.1 Å². The molecule has 1 unspecified atom stereocenters. The summed E-state index contributed by atoms with van der Waals surface area (Å²) in [6, 6.07) is 31.2. The predicted octanol–water partition coefficient (Wildman–Crippen LogP) is 8.42. The molecule has 0 fully saturated rings. The van der Waals surface area contributed by atoms with E-state index in [4.69, 9.17) is 14.2 Å². The number of fused-ring (bicyclic) bond motifs is 1.